The molecular weight excluding hydrogens is 228 g/mol. The highest BCUT2D eigenvalue weighted by Crippen LogP contribution is 2.10. The summed E-state index contributed by atoms with van der Waals surface area (Å²) in [4.78, 5) is 14.3. The maximum atomic E-state index is 11.9. The molecule has 1 heterocycles. The van der Waals surface area contributed by atoms with E-state index in [4.69, 9.17) is 4.74 Å². The number of rotatable bonds is 6. The van der Waals surface area contributed by atoms with Gasteiger partial charge in [-0.05, 0) is 32.9 Å². The molecule has 0 amide bonds. The molecule has 0 spiro atoms. The van der Waals surface area contributed by atoms with Crippen LogP contribution < -0.4 is 5.32 Å². The van der Waals surface area contributed by atoms with Crippen molar-refractivity contribution < 1.29 is 9.53 Å². The molecule has 1 aliphatic rings. The quantitative estimate of drug-likeness (QED) is 0.736. The van der Waals surface area contributed by atoms with Crippen LogP contribution in [0.4, 0.5) is 0 Å². The monoisotopic (exact) mass is 256 g/mol. The van der Waals surface area contributed by atoms with E-state index in [1.165, 1.54) is 25.7 Å². The first kappa shape index (κ1) is 15.4. The number of nitrogens with zero attached hydrogens (tertiary/aromatic N) is 1. The molecule has 4 heteroatoms. The first-order valence-electron chi connectivity index (χ1n) is 7.28. The second kappa shape index (κ2) is 8.48. The number of carbonyl (C=O) groups is 1. The van der Waals surface area contributed by atoms with Gasteiger partial charge in [-0.3, -0.25) is 4.79 Å². The third kappa shape index (κ3) is 5.83. The third-order valence-electron chi connectivity index (χ3n) is 3.25. The van der Waals surface area contributed by atoms with Crippen LogP contribution in [0.1, 0.15) is 46.5 Å². The molecule has 0 aromatic carbocycles. The minimum absolute atomic E-state index is 0.115. The molecule has 1 saturated heterocycles. The van der Waals surface area contributed by atoms with Crippen LogP contribution in [0.25, 0.3) is 0 Å². The lowest BCUT2D eigenvalue weighted by atomic mass is 10.2. The molecule has 0 bridgehead atoms. The van der Waals surface area contributed by atoms with E-state index in [1.54, 1.807) is 0 Å². The molecule has 4 nitrogen and oxygen atoms in total. The van der Waals surface area contributed by atoms with Gasteiger partial charge in [0.1, 0.15) is 6.04 Å². The van der Waals surface area contributed by atoms with E-state index in [0.717, 1.165) is 19.6 Å². The lowest BCUT2D eigenvalue weighted by molar-refractivity contribution is -0.146. The van der Waals surface area contributed by atoms with Crippen molar-refractivity contribution in [2.24, 2.45) is 0 Å². The summed E-state index contributed by atoms with van der Waals surface area (Å²) in [7, 11) is 0. The van der Waals surface area contributed by atoms with Gasteiger partial charge in [0.15, 0.2) is 0 Å². The highest BCUT2D eigenvalue weighted by molar-refractivity contribution is 5.76. The highest BCUT2D eigenvalue weighted by Gasteiger charge is 2.23. The van der Waals surface area contributed by atoms with Gasteiger partial charge in [0.2, 0.25) is 0 Å². The van der Waals surface area contributed by atoms with Gasteiger partial charge in [-0.25, -0.2) is 0 Å². The normalized spacial score (nSPS) is 19.6. The van der Waals surface area contributed by atoms with Gasteiger partial charge in [0.25, 0.3) is 0 Å². The Morgan fingerprint density at radius 3 is 2.33 bits per heavy atom. The molecule has 1 aliphatic heterocycles. The van der Waals surface area contributed by atoms with Crippen molar-refractivity contribution in [3.8, 4) is 0 Å². The number of esters is 1. The fraction of sp³-hybridized carbons (Fsp3) is 0.929. The lowest BCUT2D eigenvalue weighted by Crippen LogP contribution is -2.49. The van der Waals surface area contributed by atoms with Crippen molar-refractivity contribution >= 4 is 5.97 Å². The topological polar surface area (TPSA) is 41.6 Å². The molecular formula is C14H28N2O2. The Kier molecular flexibility index (Phi) is 7.28. The maximum Gasteiger partial charge on any atom is 0.324 e. The number of ether oxygens (including phenoxy) is 1. The molecule has 1 fully saturated rings. The van der Waals surface area contributed by atoms with E-state index in [0.29, 0.717) is 12.6 Å². The Morgan fingerprint density at radius 2 is 1.83 bits per heavy atom. The highest BCUT2D eigenvalue weighted by atomic mass is 16.5. The van der Waals surface area contributed by atoms with E-state index in [-0.39, 0.29) is 12.0 Å². The van der Waals surface area contributed by atoms with E-state index in [9.17, 15) is 4.79 Å². The second-order valence-corrected chi connectivity index (χ2v) is 5.34. The summed E-state index contributed by atoms with van der Waals surface area (Å²) < 4.78 is 5.15. The first-order chi connectivity index (χ1) is 8.63. The zero-order chi connectivity index (χ0) is 13.4. The average Bonchev–Trinajstić information content (AvgIpc) is 2.56. The molecule has 1 atom stereocenters. The molecule has 18 heavy (non-hydrogen) atoms. The summed E-state index contributed by atoms with van der Waals surface area (Å²) in [5.41, 5.74) is 0. The standard InChI is InChI=1S/C14H28N2O2/c1-4-18-14(17)13(15-12(2)3)11-16-9-7-5-6-8-10-16/h12-13,15H,4-11H2,1-3H3. The van der Waals surface area contributed by atoms with Crippen molar-refractivity contribution in [2.75, 3.05) is 26.2 Å². The number of hydrogen-bond donors (Lipinski definition) is 1. The molecule has 106 valence electrons. The van der Waals surface area contributed by atoms with Gasteiger partial charge >= 0.3 is 5.97 Å². The summed E-state index contributed by atoms with van der Waals surface area (Å²) in [5.74, 6) is -0.115. The van der Waals surface area contributed by atoms with E-state index in [2.05, 4.69) is 24.1 Å². The predicted octanol–water partition coefficient (Wildman–Crippen LogP) is 1.79. The fourth-order valence-electron chi connectivity index (χ4n) is 2.42. The molecule has 1 rings (SSSR count). The minimum Gasteiger partial charge on any atom is -0.465 e. The van der Waals surface area contributed by atoms with Gasteiger partial charge in [-0.2, -0.15) is 0 Å². The molecule has 0 radical (unpaired) electrons. The van der Waals surface area contributed by atoms with Crippen LogP contribution in [-0.2, 0) is 9.53 Å². The van der Waals surface area contributed by atoms with Crippen molar-refractivity contribution in [3.63, 3.8) is 0 Å². The molecule has 0 saturated carbocycles. The number of likely N-dealkylation sites (tertiary alicyclic amines) is 1. The van der Waals surface area contributed by atoms with Crippen LogP contribution in [0.3, 0.4) is 0 Å². The van der Waals surface area contributed by atoms with E-state index < -0.39 is 0 Å². The number of carbonyl (C=O) groups excluding carboxylic acids is 1. The van der Waals surface area contributed by atoms with Crippen molar-refractivity contribution in [2.45, 2.75) is 58.5 Å². The predicted molar refractivity (Wildman–Crippen MR) is 73.6 cm³/mol. The van der Waals surface area contributed by atoms with Gasteiger partial charge in [0.05, 0.1) is 6.61 Å². The van der Waals surface area contributed by atoms with E-state index in [1.807, 2.05) is 6.92 Å². The SMILES string of the molecule is CCOC(=O)C(CN1CCCCCC1)NC(C)C. The van der Waals surface area contributed by atoms with Gasteiger partial charge in [-0.15, -0.1) is 0 Å². The number of hydrogen-bond acceptors (Lipinski definition) is 4. The maximum absolute atomic E-state index is 11.9. The fourth-order valence-corrected chi connectivity index (χ4v) is 2.42. The van der Waals surface area contributed by atoms with Gasteiger partial charge < -0.3 is 15.0 Å². The third-order valence-corrected chi connectivity index (χ3v) is 3.25. The van der Waals surface area contributed by atoms with Crippen molar-refractivity contribution in [1.29, 1.82) is 0 Å². The van der Waals surface area contributed by atoms with Crippen LogP contribution in [-0.4, -0.2) is 49.2 Å². The Labute approximate surface area is 111 Å². The molecule has 1 unspecified atom stereocenters. The molecule has 1 N–H and O–H groups in total. The molecule has 0 aromatic heterocycles. The van der Waals surface area contributed by atoms with Gasteiger partial charge in [0, 0.05) is 12.6 Å². The molecule has 0 aromatic rings. The largest absolute Gasteiger partial charge is 0.465 e. The Balaban J connectivity index is 2.50. The van der Waals surface area contributed by atoms with Crippen LogP contribution in [0.5, 0.6) is 0 Å². The summed E-state index contributed by atoms with van der Waals surface area (Å²) in [6.45, 7) is 9.43. The lowest BCUT2D eigenvalue weighted by Gasteiger charge is -2.27. The second-order valence-electron chi connectivity index (χ2n) is 5.34. The minimum atomic E-state index is -0.192. The Hall–Kier alpha value is -0.610. The summed E-state index contributed by atoms with van der Waals surface area (Å²) in [6.07, 6.45) is 5.13. The zero-order valence-corrected chi connectivity index (χ0v) is 12.1. The van der Waals surface area contributed by atoms with Crippen LogP contribution in [0.2, 0.25) is 0 Å². The zero-order valence-electron chi connectivity index (χ0n) is 12.1. The number of nitrogens with one attached hydrogen (secondary N) is 1. The smallest absolute Gasteiger partial charge is 0.324 e. The Morgan fingerprint density at radius 1 is 1.22 bits per heavy atom. The van der Waals surface area contributed by atoms with E-state index >= 15 is 0 Å². The van der Waals surface area contributed by atoms with Crippen LogP contribution >= 0.6 is 0 Å². The molecule has 0 aliphatic carbocycles. The average molecular weight is 256 g/mol. The van der Waals surface area contributed by atoms with Crippen molar-refractivity contribution in [3.05, 3.63) is 0 Å². The van der Waals surface area contributed by atoms with Crippen molar-refractivity contribution in [1.82, 2.24) is 10.2 Å². The van der Waals surface area contributed by atoms with Gasteiger partial charge in [-0.1, -0.05) is 26.7 Å². The summed E-state index contributed by atoms with van der Waals surface area (Å²) in [5, 5.41) is 3.32. The Bertz CT molecular complexity index is 236. The van der Waals surface area contributed by atoms with Crippen LogP contribution in [0, 0.1) is 0 Å². The van der Waals surface area contributed by atoms with Crippen LogP contribution in [0.15, 0.2) is 0 Å². The summed E-state index contributed by atoms with van der Waals surface area (Å²) in [6, 6.07) is 0.106. The summed E-state index contributed by atoms with van der Waals surface area (Å²) >= 11 is 0. The first-order valence-corrected chi connectivity index (χ1v) is 7.28.